The number of urea groups is 1. The fourth-order valence-corrected chi connectivity index (χ4v) is 3.13. The molecule has 3 rings (SSSR count). The lowest BCUT2D eigenvalue weighted by Gasteiger charge is -2.11. The summed E-state index contributed by atoms with van der Waals surface area (Å²) in [5.41, 5.74) is 3.66. The van der Waals surface area contributed by atoms with Gasteiger partial charge in [-0.05, 0) is 50.1 Å². The summed E-state index contributed by atoms with van der Waals surface area (Å²) in [6, 6.07) is 10.6. The van der Waals surface area contributed by atoms with Crippen molar-refractivity contribution in [2.45, 2.75) is 20.3 Å². The van der Waals surface area contributed by atoms with Crippen LogP contribution in [-0.2, 0) is 6.42 Å². The smallest absolute Gasteiger partial charge is 0.319 e. The van der Waals surface area contributed by atoms with E-state index in [-0.39, 0.29) is 6.03 Å². The molecule has 0 aliphatic heterocycles. The summed E-state index contributed by atoms with van der Waals surface area (Å²) in [6.45, 7) is 4.45. The summed E-state index contributed by atoms with van der Waals surface area (Å²) >= 11 is 0. The van der Waals surface area contributed by atoms with Gasteiger partial charge in [0.1, 0.15) is 0 Å². The van der Waals surface area contributed by atoms with E-state index in [2.05, 4.69) is 20.7 Å². The molecule has 2 amide bonds. The van der Waals surface area contributed by atoms with Crippen molar-refractivity contribution in [1.82, 2.24) is 20.1 Å². The predicted molar refractivity (Wildman–Crippen MR) is 111 cm³/mol. The minimum atomic E-state index is -0.287. The van der Waals surface area contributed by atoms with E-state index in [1.807, 2.05) is 36.7 Å². The highest BCUT2D eigenvalue weighted by Gasteiger charge is 2.14. The Morgan fingerprint density at radius 1 is 1.10 bits per heavy atom. The molecule has 8 nitrogen and oxygen atoms in total. The molecule has 0 saturated carbocycles. The lowest BCUT2D eigenvalue weighted by molar-refractivity contribution is 0.252. The first-order valence-corrected chi connectivity index (χ1v) is 9.27. The van der Waals surface area contributed by atoms with Gasteiger partial charge in [-0.25, -0.2) is 14.5 Å². The van der Waals surface area contributed by atoms with Gasteiger partial charge in [-0.3, -0.25) is 0 Å². The average Bonchev–Trinajstić information content (AvgIpc) is 3.02. The molecule has 29 heavy (non-hydrogen) atoms. The van der Waals surface area contributed by atoms with Crippen LogP contribution in [0.3, 0.4) is 0 Å². The molecular formula is C21H25N5O3. The molecule has 0 radical (unpaired) electrons. The molecule has 0 saturated heterocycles. The number of carbonyl (C=O) groups is 1. The zero-order valence-electron chi connectivity index (χ0n) is 17.0. The van der Waals surface area contributed by atoms with E-state index in [0.29, 0.717) is 30.2 Å². The molecule has 2 heterocycles. The Balaban J connectivity index is 1.59. The summed E-state index contributed by atoms with van der Waals surface area (Å²) in [5, 5.41) is 10.3. The van der Waals surface area contributed by atoms with Crippen molar-refractivity contribution >= 4 is 11.7 Å². The van der Waals surface area contributed by atoms with Crippen LogP contribution in [0.4, 0.5) is 10.5 Å². The second-order valence-electron chi connectivity index (χ2n) is 6.45. The van der Waals surface area contributed by atoms with Gasteiger partial charge in [0.15, 0.2) is 17.3 Å². The van der Waals surface area contributed by atoms with E-state index in [1.165, 1.54) is 0 Å². The van der Waals surface area contributed by atoms with Gasteiger partial charge in [0.25, 0.3) is 0 Å². The molecule has 2 aromatic heterocycles. The summed E-state index contributed by atoms with van der Waals surface area (Å²) in [5.74, 6) is 1.94. The third kappa shape index (κ3) is 4.66. The number of aryl methyl sites for hydroxylation is 1. The number of aromatic nitrogens is 3. The molecule has 152 valence electrons. The third-order valence-corrected chi connectivity index (χ3v) is 4.61. The molecule has 0 unspecified atom stereocenters. The molecule has 1 aromatic carbocycles. The standard InChI is InChI=1S/C21H25N5O3/c1-14-17(15(2)26(25-14)20-7-5-6-11-22-20)10-12-23-21(27)24-16-8-9-18(28-3)19(13-16)29-4/h5-9,11,13H,10,12H2,1-4H3,(H2,23,24,27). The van der Waals surface area contributed by atoms with Crippen molar-refractivity contribution < 1.29 is 14.3 Å². The lowest BCUT2D eigenvalue weighted by Crippen LogP contribution is -2.30. The Labute approximate surface area is 169 Å². The maximum atomic E-state index is 12.2. The van der Waals surface area contributed by atoms with Crippen LogP contribution in [0.5, 0.6) is 11.5 Å². The molecule has 0 atom stereocenters. The lowest BCUT2D eigenvalue weighted by atomic mass is 10.1. The number of hydrogen-bond acceptors (Lipinski definition) is 5. The van der Waals surface area contributed by atoms with Crippen LogP contribution < -0.4 is 20.1 Å². The first-order chi connectivity index (χ1) is 14.0. The number of anilines is 1. The predicted octanol–water partition coefficient (Wildman–Crippen LogP) is 3.27. The molecule has 3 aromatic rings. The number of nitrogens with one attached hydrogen (secondary N) is 2. The van der Waals surface area contributed by atoms with E-state index >= 15 is 0 Å². The van der Waals surface area contributed by atoms with E-state index < -0.39 is 0 Å². The maximum Gasteiger partial charge on any atom is 0.319 e. The Hall–Kier alpha value is -3.55. The van der Waals surface area contributed by atoms with Gasteiger partial charge < -0.3 is 20.1 Å². The highest BCUT2D eigenvalue weighted by atomic mass is 16.5. The third-order valence-electron chi connectivity index (χ3n) is 4.61. The Bertz CT molecular complexity index is 985. The normalized spacial score (nSPS) is 10.5. The Morgan fingerprint density at radius 3 is 2.59 bits per heavy atom. The minimum Gasteiger partial charge on any atom is -0.493 e. The van der Waals surface area contributed by atoms with Gasteiger partial charge in [0.05, 0.1) is 19.9 Å². The SMILES string of the molecule is COc1ccc(NC(=O)NCCc2c(C)nn(-c3ccccn3)c2C)cc1OC. The number of carbonyl (C=O) groups excluding carboxylic acids is 1. The van der Waals surface area contributed by atoms with Gasteiger partial charge in [-0.1, -0.05) is 6.07 Å². The van der Waals surface area contributed by atoms with Crippen LogP contribution in [0.1, 0.15) is 17.0 Å². The van der Waals surface area contributed by atoms with Crippen molar-refractivity contribution in [1.29, 1.82) is 0 Å². The van der Waals surface area contributed by atoms with Crippen LogP contribution in [0.25, 0.3) is 5.82 Å². The highest BCUT2D eigenvalue weighted by Crippen LogP contribution is 2.29. The van der Waals surface area contributed by atoms with Crippen LogP contribution in [0.2, 0.25) is 0 Å². The zero-order chi connectivity index (χ0) is 20.8. The van der Waals surface area contributed by atoms with Gasteiger partial charge >= 0.3 is 6.03 Å². The monoisotopic (exact) mass is 395 g/mol. The molecule has 0 aliphatic rings. The van der Waals surface area contributed by atoms with Gasteiger partial charge in [0, 0.05) is 30.2 Å². The van der Waals surface area contributed by atoms with Crippen molar-refractivity contribution in [3.63, 3.8) is 0 Å². The molecule has 0 fully saturated rings. The summed E-state index contributed by atoms with van der Waals surface area (Å²) in [4.78, 5) is 16.6. The second-order valence-corrected chi connectivity index (χ2v) is 6.45. The molecule has 0 aliphatic carbocycles. The van der Waals surface area contributed by atoms with Gasteiger partial charge in [-0.15, -0.1) is 0 Å². The minimum absolute atomic E-state index is 0.287. The fourth-order valence-electron chi connectivity index (χ4n) is 3.13. The van der Waals surface area contributed by atoms with E-state index in [4.69, 9.17) is 9.47 Å². The van der Waals surface area contributed by atoms with Crippen LogP contribution in [0, 0.1) is 13.8 Å². The number of nitrogens with zero attached hydrogens (tertiary/aromatic N) is 3. The van der Waals surface area contributed by atoms with Crippen LogP contribution >= 0.6 is 0 Å². The Morgan fingerprint density at radius 2 is 1.90 bits per heavy atom. The first kappa shape index (κ1) is 20.2. The topological polar surface area (TPSA) is 90.3 Å². The maximum absolute atomic E-state index is 12.2. The number of amides is 2. The number of ether oxygens (including phenoxy) is 2. The zero-order valence-corrected chi connectivity index (χ0v) is 17.0. The second kappa shape index (κ2) is 9.09. The number of methoxy groups -OCH3 is 2. The highest BCUT2D eigenvalue weighted by molar-refractivity contribution is 5.89. The largest absolute Gasteiger partial charge is 0.493 e. The van der Waals surface area contributed by atoms with E-state index in [1.54, 1.807) is 38.6 Å². The molecule has 2 N–H and O–H groups in total. The number of rotatable bonds is 7. The summed E-state index contributed by atoms with van der Waals surface area (Å²) < 4.78 is 12.3. The molecule has 8 heteroatoms. The first-order valence-electron chi connectivity index (χ1n) is 9.27. The number of hydrogen-bond donors (Lipinski definition) is 2. The number of benzene rings is 1. The van der Waals surface area contributed by atoms with Crippen molar-refractivity contribution in [2.24, 2.45) is 0 Å². The average molecular weight is 395 g/mol. The summed E-state index contributed by atoms with van der Waals surface area (Å²) in [7, 11) is 3.12. The van der Waals surface area contributed by atoms with Gasteiger partial charge in [0.2, 0.25) is 0 Å². The number of pyridine rings is 1. The summed E-state index contributed by atoms with van der Waals surface area (Å²) in [6.07, 6.45) is 2.41. The van der Waals surface area contributed by atoms with E-state index in [9.17, 15) is 4.79 Å². The van der Waals surface area contributed by atoms with E-state index in [0.717, 1.165) is 22.8 Å². The Kier molecular flexibility index (Phi) is 6.33. The van der Waals surface area contributed by atoms with Crippen molar-refractivity contribution in [2.75, 3.05) is 26.1 Å². The molecule has 0 bridgehead atoms. The fraction of sp³-hybridized carbons (Fsp3) is 0.286. The van der Waals surface area contributed by atoms with Crippen molar-refractivity contribution in [3.8, 4) is 17.3 Å². The molecule has 0 spiro atoms. The van der Waals surface area contributed by atoms with Crippen LogP contribution in [0.15, 0.2) is 42.6 Å². The van der Waals surface area contributed by atoms with Crippen LogP contribution in [-0.4, -0.2) is 41.6 Å². The molecular weight excluding hydrogens is 370 g/mol. The quantitative estimate of drug-likeness (QED) is 0.641. The van der Waals surface area contributed by atoms with Gasteiger partial charge in [-0.2, -0.15) is 5.10 Å². The van der Waals surface area contributed by atoms with Crippen molar-refractivity contribution in [3.05, 3.63) is 59.5 Å².